The molecule has 0 radical (unpaired) electrons. The molecule has 2 saturated heterocycles. The Morgan fingerprint density at radius 3 is 2.90 bits per heavy atom. The Morgan fingerprint density at radius 1 is 1.24 bits per heavy atom. The number of nitrogens with one attached hydrogen (secondary N) is 1. The number of rotatable bonds is 5. The van der Waals surface area contributed by atoms with Gasteiger partial charge in [-0.2, -0.15) is 5.26 Å². The molecule has 21 heavy (non-hydrogen) atoms. The van der Waals surface area contributed by atoms with Crippen molar-refractivity contribution in [3.8, 4) is 11.8 Å². The molecule has 1 aromatic rings. The van der Waals surface area contributed by atoms with Gasteiger partial charge in [0.05, 0.1) is 0 Å². The first-order valence-electron chi connectivity index (χ1n) is 7.91. The largest absolute Gasteiger partial charge is 0.479 e. The second-order valence-electron chi connectivity index (χ2n) is 6.02. The Kier molecular flexibility index (Phi) is 4.74. The van der Waals surface area contributed by atoms with E-state index in [2.05, 4.69) is 22.3 Å². The lowest BCUT2D eigenvalue weighted by molar-refractivity contribution is 0.166. The highest BCUT2D eigenvalue weighted by Crippen LogP contribution is 2.27. The highest BCUT2D eigenvalue weighted by Gasteiger charge is 2.31. The predicted octanol–water partition coefficient (Wildman–Crippen LogP) is 2.31. The van der Waals surface area contributed by atoms with Gasteiger partial charge in [0, 0.05) is 18.6 Å². The number of piperidine rings is 1. The Morgan fingerprint density at radius 2 is 2.10 bits per heavy atom. The molecular formula is C17H23N3O. The van der Waals surface area contributed by atoms with Crippen LogP contribution in [0.15, 0.2) is 24.3 Å². The molecule has 0 aliphatic carbocycles. The summed E-state index contributed by atoms with van der Waals surface area (Å²) in [5.74, 6) is 0.763. The van der Waals surface area contributed by atoms with Crippen LogP contribution >= 0.6 is 0 Å². The highest BCUT2D eigenvalue weighted by atomic mass is 16.5. The molecule has 4 nitrogen and oxygen atoms in total. The van der Waals surface area contributed by atoms with E-state index in [9.17, 15) is 0 Å². The number of hydrogen-bond acceptors (Lipinski definition) is 4. The SMILES string of the molecule is N#CCOc1ccc(CNC2CCN3CCCC3C2)cc1. The van der Waals surface area contributed by atoms with Gasteiger partial charge in [0.15, 0.2) is 6.61 Å². The first kappa shape index (κ1) is 14.4. The van der Waals surface area contributed by atoms with Crippen LogP contribution in [0.4, 0.5) is 0 Å². The zero-order valence-electron chi connectivity index (χ0n) is 12.4. The normalized spacial score (nSPS) is 25.3. The van der Waals surface area contributed by atoms with E-state index in [1.54, 1.807) is 0 Å². The zero-order chi connectivity index (χ0) is 14.5. The Balaban J connectivity index is 1.45. The summed E-state index contributed by atoms with van der Waals surface area (Å²) < 4.78 is 5.26. The minimum absolute atomic E-state index is 0.109. The van der Waals surface area contributed by atoms with Crippen LogP contribution in [0.2, 0.25) is 0 Å². The Bertz CT molecular complexity index is 494. The second kappa shape index (κ2) is 6.93. The third kappa shape index (κ3) is 3.75. The molecule has 2 aliphatic rings. The van der Waals surface area contributed by atoms with Crippen molar-refractivity contribution in [2.75, 3.05) is 19.7 Å². The monoisotopic (exact) mass is 285 g/mol. The lowest BCUT2D eigenvalue weighted by atomic mass is 9.97. The molecule has 2 heterocycles. The van der Waals surface area contributed by atoms with Gasteiger partial charge >= 0.3 is 0 Å². The van der Waals surface area contributed by atoms with Crippen molar-refractivity contribution in [1.29, 1.82) is 5.26 Å². The van der Waals surface area contributed by atoms with Crippen molar-refractivity contribution in [3.63, 3.8) is 0 Å². The standard InChI is InChI=1S/C17H23N3O/c18-8-11-21-17-5-3-14(4-6-17)13-19-15-7-10-20-9-1-2-16(20)12-15/h3-6,15-16,19H,1-2,7,9-13H2. The summed E-state index contributed by atoms with van der Waals surface area (Å²) in [6.45, 7) is 3.58. The van der Waals surface area contributed by atoms with Crippen molar-refractivity contribution < 1.29 is 4.74 Å². The number of hydrogen-bond donors (Lipinski definition) is 1. The van der Waals surface area contributed by atoms with Crippen LogP contribution in [-0.4, -0.2) is 36.7 Å². The van der Waals surface area contributed by atoms with E-state index in [0.29, 0.717) is 6.04 Å². The first-order valence-corrected chi connectivity index (χ1v) is 7.91. The third-order valence-corrected chi connectivity index (χ3v) is 4.64. The number of ether oxygens (including phenoxy) is 1. The number of benzene rings is 1. The number of fused-ring (bicyclic) bond motifs is 1. The molecular weight excluding hydrogens is 262 g/mol. The molecule has 3 rings (SSSR count). The maximum Gasteiger partial charge on any atom is 0.174 e. The molecule has 4 heteroatoms. The lowest BCUT2D eigenvalue weighted by Crippen LogP contribution is -2.45. The van der Waals surface area contributed by atoms with Crippen LogP contribution in [0.3, 0.4) is 0 Å². The molecule has 112 valence electrons. The summed E-state index contributed by atoms with van der Waals surface area (Å²) in [6.07, 6.45) is 5.31. The van der Waals surface area contributed by atoms with E-state index in [4.69, 9.17) is 10.00 Å². The van der Waals surface area contributed by atoms with E-state index < -0.39 is 0 Å². The molecule has 0 bridgehead atoms. The summed E-state index contributed by atoms with van der Waals surface area (Å²) in [5, 5.41) is 12.2. The number of nitriles is 1. The molecule has 2 fully saturated rings. The van der Waals surface area contributed by atoms with Crippen LogP contribution in [0.25, 0.3) is 0 Å². The maximum atomic E-state index is 8.49. The summed E-state index contributed by atoms with van der Waals surface area (Å²) >= 11 is 0. The zero-order valence-corrected chi connectivity index (χ0v) is 12.4. The van der Waals surface area contributed by atoms with Crippen molar-refractivity contribution in [1.82, 2.24) is 10.2 Å². The molecule has 0 spiro atoms. The molecule has 2 atom stereocenters. The Labute approximate surface area is 126 Å². The van der Waals surface area contributed by atoms with Gasteiger partial charge in [-0.15, -0.1) is 0 Å². The van der Waals surface area contributed by atoms with Gasteiger partial charge in [0.25, 0.3) is 0 Å². The molecule has 1 aromatic carbocycles. The summed E-state index contributed by atoms with van der Waals surface area (Å²) in [5.41, 5.74) is 1.27. The smallest absolute Gasteiger partial charge is 0.174 e. The van der Waals surface area contributed by atoms with E-state index in [1.807, 2.05) is 18.2 Å². The Hall–Kier alpha value is -1.57. The molecule has 0 saturated carbocycles. The van der Waals surface area contributed by atoms with Crippen molar-refractivity contribution in [3.05, 3.63) is 29.8 Å². The summed E-state index contributed by atoms with van der Waals surface area (Å²) in [4.78, 5) is 2.65. The van der Waals surface area contributed by atoms with Crippen molar-refractivity contribution in [2.24, 2.45) is 0 Å². The van der Waals surface area contributed by atoms with Crippen LogP contribution in [0.5, 0.6) is 5.75 Å². The van der Waals surface area contributed by atoms with Crippen molar-refractivity contribution in [2.45, 2.75) is 44.3 Å². The van der Waals surface area contributed by atoms with Gasteiger partial charge in [-0.3, -0.25) is 0 Å². The summed E-state index contributed by atoms with van der Waals surface area (Å²) in [7, 11) is 0. The van der Waals surface area contributed by atoms with Gasteiger partial charge in [0.2, 0.25) is 0 Å². The van der Waals surface area contributed by atoms with E-state index in [0.717, 1.165) is 18.3 Å². The van der Waals surface area contributed by atoms with E-state index in [1.165, 1.54) is 44.3 Å². The van der Waals surface area contributed by atoms with Crippen LogP contribution in [-0.2, 0) is 6.54 Å². The molecule has 0 aromatic heterocycles. The predicted molar refractivity (Wildman–Crippen MR) is 82.0 cm³/mol. The average Bonchev–Trinajstić information content (AvgIpc) is 2.99. The summed E-state index contributed by atoms with van der Waals surface area (Å²) in [6, 6.07) is 11.5. The molecule has 0 amide bonds. The average molecular weight is 285 g/mol. The minimum atomic E-state index is 0.109. The fourth-order valence-corrected chi connectivity index (χ4v) is 3.49. The highest BCUT2D eigenvalue weighted by molar-refractivity contribution is 5.27. The first-order chi connectivity index (χ1) is 10.3. The van der Waals surface area contributed by atoms with Gasteiger partial charge in [-0.05, 0) is 56.5 Å². The maximum absolute atomic E-state index is 8.49. The fraction of sp³-hybridized carbons (Fsp3) is 0.588. The fourth-order valence-electron chi connectivity index (χ4n) is 3.49. The molecule has 1 N–H and O–H groups in total. The second-order valence-corrected chi connectivity index (χ2v) is 6.02. The van der Waals surface area contributed by atoms with Crippen LogP contribution < -0.4 is 10.1 Å². The van der Waals surface area contributed by atoms with Gasteiger partial charge < -0.3 is 15.0 Å². The topological polar surface area (TPSA) is 48.3 Å². The van der Waals surface area contributed by atoms with Gasteiger partial charge in [-0.25, -0.2) is 0 Å². The minimum Gasteiger partial charge on any atom is -0.479 e. The number of nitrogens with zero attached hydrogens (tertiary/aromatic N) is 2. The lowest BCUT2D eigenvalue weighted by Gasteiger charge is -2.35. The van der Waals surface area contributed by atoms with Crippen LogP contribution in [0.1, 0.15) is 31.2 Å². The van der Waals surface area contributed by atoms with Crippen LogP contribution in [0, 0.1) is 11.3 Å². The van der Waals surface area contributed by atoms with E-state index in [-0.39, 0.29) is 6.61 Å². The van der Waals surface area contributed by atoms with Gasteiger partial charge in [0.1, 0.15) is 11.8 Å². The quantitative estimate of drug-likeness (QED) is 0.902. The van der Waals surface area contributed by atoms with Crippen molar-refractivity contribution >= 4 is 0 Å². The van der Waals surface area contributed by atoms with Gasteiger partial charge in [-0.1, -0.05) is 12.1 Å². The van der Waals surface area contributed by atoms with E-state index >= 15 is 0 Å². The third-order valence-electron chi connectivity index (χ3n) is 4.64. The molecule has 2 aliphatic heterocycles. The molecule has 2 unspecified atom stereocenters.